The Hall–Kier alpha value is -1.54. The van der Waals surface area contributed by atoms with Crippen LogP contribution in [0.15, 0.2) is 29.4 Å². The third-order valence-electron chi connectivity index (χ3n) is 2.62. The number of hydrogen-bond donors (Lipinski definition) is 3. The number of aromatic amines is 1. The fraction of sp³-hybridized carbons (Fsp3) is 0.333. The van der Waals surface area contributed by atoms with Crippen LogP contribution in [-0.4, -0.2) is 37.3 Å². The van der Waals surface area contributed by atoms with Crippen LogP contribution in [0.3, 0.4) is 0 Å². The first kappa shape index (κ1) is 14.9. The number of aryl methyl sites for hydroxylation is 2. The Balaban J connectivity index is 1.72. The molecule has 0 saturated carbocycles. The van der Waals surface area contributed by atoms with Crippen LogP contribution in [0, 0.1) is 5.41 Å². The lowest BCUT2D eigenvalue weighted by Crippen LogP contribution is -2.05. The van der Waals surface area contributed by atoms with Crippen LogP contribution < -0.4 is 5.73 Å². The predicted molar refractivity (Wildman–Crippen MR) is 83.1 cm³/mol. The molecule has 0 spiro atoms. The second kappa shape index (κ2) is 7.91. The standard InChI is InChI=1S/C12H16N6S2/c13-11(14)19-7-5-9-1-3-10(4-2-9)6-8-20-12-15-17-18-16-12/h1-4H,5-8H2,(H3,13,14)(H,15,16,17,18). The van der Waals surface area contributed by atoms with Gasteiger partial charge in [0.2, 0.25) is 5.16 Å². The van der Waals surface area contributed by atoms with Gasteiger partial charge in [-0.25, -0.2) is 0 Å². The maximum absolute atomic E-state index is 7.15. The van der Waals surface area contributed by atoms with Crippen molar-refractivity contribution in [2.75, 3.05) is 11.5 Å². The first-order valence-corrected chi connectivity index (χ1v) is 8.12. The molecule has 8 heteroatoms. The number of H-pyrrole nitrogens is 1. The highest BCUT2D eigenvalue weighted by Crippen LogP contribution is 2.14. The third kappa shape index (κ3) is 5.22. The zero-order chi connectivity index (χ0) is 14.2. The molecule has 2 aromatic rings. The molecule has 0 unspecified atom stereocenters. The maximum Gasteiger partial charge on any atom is 0.230 e. The Bertz CT molecular complexity index is 525. The van der Waals surface area contributed by atoms with E-state index >= 15 is 0 Å². The van der Waals surface area contributed by atoms with Crippen LogP contribution in [0.25, 0.3) is 0 Å². The number of amidine groups is 1. The fourth-order valence-corrected chi connectivity index (χ4v) is 2.91. The molecular weight excluding hydrogens is 292 g/mol. The zero-order valence-electron chi connectivity index (χ0n) is 10.9. The van der Waals surface area contributed by atoms with E-state index in [9.17, 15) is 0 Å². The molecule has 0 aliphatic rings. The number of nitrogens with zero attached hydrogens (tertiary/aromatic N) is 3. The smallest absolute Gasteiger partial charge is 0.230 e. The Morgan fingerprint density at radius 1 is 1.15 bits per heavy atom. The van der Waals surface area contributed by atoms with Crippen molar-refractivity contribution in [2.24, 2.45) is 5.73 Å². The van der Waals surface area contributed by atoms with Crippen LogP contribution >= 0.6 is 23.5 Å². The molecule has 0 bridgehead atoms. The molecule has 1 aromatic heterocycles. The second-order valence-electron chi connectivity index (χ2n) is 4.07. The highest BCUT2D eigenvalue weighted by molar-refractivity contribution is 8.13. The van der Waals surface area contributed by atoms with Crippen LogP contribution in [0.4, 0.5) is 0 Å². The lowest BCUT2D eigenvalue weighted by Gasteiger charge is -2.03. The molecule has 0 amide bonds. The van der Waals surface area contributed by atoms with Crippen LogP contribution in [0.2, 0.25) is 0 Å². The molecule has 1 heterocycles. The molecule has 2 rings (SSSR count). The van der Waals surface area contributed by atoms with Crippen molar-refractivity contribution in [2.45, 2.75) is 18.0 Å². The summed E-state index contributed by atoms with van der Waals surface area (Å²) >= 11 is 2.96. The number of thioether (sulfide) groups is 2. The van der Waals surface area contributed by atoms with Crippen LogP contribution in [0.1, 0.15) is 11.1 Å². The van der Waals surface area contributed by atoms with Gasteiger partial charge in [-0.1, -0.05) is 47.8 Å². The molecule has 0 aliphatic carbocycles. The monoisotopic (exact) mass is 308 g/mol. The average molecular weight is 308 g/mol. The molecular formula is C12H16N6S2. The Kier molecular flexibility index (Phi) is 5.87. The highest BCUT2D eigenvalue weighted by Gasteiger charge is 2.00. The molecule has 0 saturated heterocycles. The number of rotatable bonds is 7. The van der Waals surface area contributed by atoms with Gasteiger partial charge in [0.1, 0.15) is 0 Å². The van der Waals surface area contributed by atoms with Crippen molar-refractivity contribution in [3.63, 3.8) is 0 Å². The molecule has 0 aliphatic heterocycles. The summed E-state index contributed by atoms with van der Waals surface area (Å²) < 4.78 is 0. The number of nitrogens with one attached hydrogen (secondary N) is 2. The van der Waals surface area contributed by atoms with E-state index in [1.807, 2.05) is 0 Å². The molecule has 4 N–H and O–H groups in total. The number of nitrogens with two attached hydrogens (primary N) is 1. The van der Waals surface area contributed by atoms with Gasteiger partial charge in [-0.05, 0) is 29.2 Å². The summed E-state index contributed by atoms with van der Waals surface area (Å²) in [5.74, 6) is 1.78. The minimum Gasteiger partial charge on any atom is -0.379 e. The van der Waals surface area contributed by atoms with Gasteiger partial charge in [-0.15, -0.1) is 10.2 Å². The van der Waals surface area contributed by atoms with Gasteiger partial charge in [-0.3, -0.25) is 5.41 Å². The van der Waals surface area contributed by atoms with Crippen molar-refractivity contribution in [3.8, 4) is 0 Å². The van der Waals surface area contributed by atoms with E-state index in [4.69, 9.17) is 11.1 Å². The van der Waals surface area contributed by atoms with Crippen LogP contribution in [-0.2, 0) is 12.8 Å². The summed E-state index contributed by atoms with van der Waals surface area (Å²) in [5.41, 5.74) is 7.87. The normalized spacial score (nSPS) is 10.6. The first-order valence-electron chi connectivity index (χ1n) is 6.15. The zero-order valence-corrected chi connectivity index (χ0v) is 12.5. The van der Waals surface area contributed by atoms with Gasteiger partial charge in [0.05, 0.1) is 0 Å². The van der Waals surface area contributed by atoms with Crippen molar-refractivity contribution in [1.29, 1.82) is 5.41 Å². The van der Waals surface area contributed by atoms with E-state index in [-0.39, 0.29) is 5.17 Å². The van der Waals surface area contributed by atoms with Gasteiger partial charge in [0.15, 0.2) is 5.17 Å². The van der Waals surface area contributed by atoms with E-state index in [1.54, 1.807) is 11.8 Å². The topological polar surface area (TPSA) is 104 Å². The Morgan fingerprint density at radius 2 is 1.80 bits per heavy atom. The minimum atomic E-state index is 0.181. The number of benzene rings is 1. The molecule has 0 atom stereocenters. The van der Waals surface area contributed by atoms with Crippen molar-refractivity contribution >= 4 is 28.7 Å². The Labute approximate surface area is 125 Å². The summed E-state index contributed by atoms with van der Waals surface area (Å²) in [4.78, 5) is 0. The van der Waals surface area contributed by atoms with E-state index < -0.39 is 0 Å². The molecule has 1 aromatic carbocycles. The van der Waals surface area contributed by atoms with E-state index in [0.717, 1.165) is 24.3 Å². The van der Waals surface area contributed by atoms with Gasteiger partial charge < -0.3 is 5.73 Å². The van der Waals surface area contributed by atoms with Crippen molar-refractivity contribution in [1.82, 2.24) is 20.6 Å². The minimum absolute atomic E-state index is 0.181. The summed E-state index contributed by atoms with van der Waals surface area (Å²) in [6.07, 6.45) is 1.91. The summed E-state index contributed by atoms with van der Waals surface area (Å²) in [7, 11) is 0. The van der Waals surface area contributed by atoms with Crippen molar-refractivity contribution < 1.29 is 0 Å². The number of tetrazole rings is 1. The van der Waals surface area contributed by atoms with E-state index in [1.165, 1.54) is 22.9 Å². The summed E-state index contributed by atoms with van der Waals surface area (Å²) in [6, 6.07) is 8.55. The molecule has 20 heavy (non-hydrogen) atoms. The predicted octanol–water partition coefficient (Wildman–Crippen LogP) is 1.70. The summed E-state index contributed by atoms with van der Waals surface area (Å²) in [6.45, 7) is 0. The summed E-state index contributed by atoms with van der Waals surface area (Å²) in [5, 5.41) is 21.8. The quantitative estimate of drug-likeness (QED) is 0.408. The third-order valence-corrected chi connectivity index (χ3v) is 4.18. The molecule has 0 radical (unpaired) electrons. The van der Waals surface area contributed by atoms with Gasteiger partial charge in [0.25, 0.3) is 0 Å². The Morgan fingerprint density at radius 3 is 2.35 bits per heavy atom. The SMILES string of the molecule is N=C(N)SCCc1ccc(CCSc2nn[nH]n2)cc1. The second-order valence-corrected chi connectivity index (χ2v) is 6.27. The average Bonchev–Trinajstić information content (AvgIpc) is 2.93. The largest absolute Gasteiger partial charge is 0.379 e. The highest BCUT2D eigenvalue weighted by atomic mass is 32.2. The van der Waals surface area contributed by atoms with E-state index in [0.29, 0.717) is 5.16 Å². The lowest BCUT2D eigenvalue weighted by molar-refractivity contribution is 0.881. The van der Waals surface area contributed by atoms with Gasteiger partial charge in [-0.2, -0.15) is 5.21 Å². The van der Waals surface area contributed by atoms with E-state index in [2.05, 4.69) is 44.9 Å². The van der Waals surface area contributed by atoms with Gasteiger partial charge >= 0.3 is 0 Å². The fourth-order valence-electron chi connectivity index (χ4n) is 1.63. The molecule has 0 fully saturated rings. The molecule has 106 valence electrons. The number of aromatic nitrogens is 4. The molecule has 6 nitrogen and oxygen atoms in total. The lowest BCUT2D eigenvalue weighted by atomic mass is 10.1. The maximum atomic E-state index is 7.15. The number of hydrogen-bond acceptors (Lipinski definition) is 6. The van der Waals surface area contributed by atoms with Crippen LogP contribution in [0.5, 0.6) is 0 Å². The van der Waals surface area contributed by atoms with Gasteiger partial charge in [0, 0.05) is 11.5 Å². The first-order chi connectivity index (χ1) is 9.74. The van der Waals surface area contributed by atoms with Crippen molar-refractivity contribution in [3.05, 3.63) is 35.4 Å².